The first-order chi connectivity index (χ1) is 7.22. The average molecular weight is 220 g/mol. The van der Waals surface area contributed by atoms with E-state index in [2.05, 4.69) is 32.9 Å². The molecule has 0 aliphatic carbocycles. The smallest absolute Gasteiger partial charge is 0.0314 e. The molecule has 0 aliphatic heterocycles. The second kappa shape index (κ2) is 4.56. The van der Waals surface area contributed by atoms with Crippen LogP contribution in [0.15, 0.2) is 12.1 Å². The van der Waals surface area contributed by atoms with Gasteiger partial charge in [0.25, 0.3) is 0 Å². The zero-order valence-electron chi connectivity index (χ0n) is 11.1. The molecule has 2 heteroatoms. The maximum atomic E-state index is 6.22. The Hall–Kier alpha value is -0.860. The summed E-state index contributed by atoms with van der Waals surface area (Å²) in [6, 6.07) is 4.30. The number of aryl methyl sites for hydroxylation is 1. The van der Waals surface area contributed by atoms with Gasteiger partial charge in [-0.15, -0.1) is 0 Å². The van der Waals surface area contributed by atoms with Gasteiger partial charge in [0, 0.05) is 11.6 Å². The van der Waals surface area contributed by atoms with Crippen LogP contribution in [0.4, 0.5) is 0 Å². The van der Waals surface area contributed by atoms with E-state index in [1.807, 2.05) is 13.8 Å². The Labute approximate surface area is 99.0 Å². The fraction of sp³-hybridized carbons (Fsp3) is 0.571. The van der Waals surface area contributed by atoms with E-state index in [-0.39, 0.29) is 11.6 Å². The van der Waals surface area contributed by atoms with Gasteiger partial charge in [-0.3, -0.25) is 0 Å². The second-order valence-electron chi connectivity index (χ2n) is 5.52. The van der Waals surface area contributed by atoms with Crippen LogP contribution in [-0.2, 0) is 0 Å². The highest BCUT2D eigenvalue weighted by molar-refractivity contribution is 5.40. The van der Waals surface area contributed by atoms with Gasteiger partial charge in [-0.2, -0.15) is 0 Å². The average Bonchev–Trinajstić information content (AvgIpc) is 2.11. The molecule has 0 radical (unpaired) electrons. The molecule has 2 nitrogen and oxygen atoms in total. The predicted molar refractivity (Wildman–Crippen MR) is 70.5 cm³/mol. The molecule has 1 atom stereocenters. The Kier molecular flexibility index (Phi) is 3.76. The molecule has 0 saturated heterocycles. The normalized spacial score (nSPS) is 13.9. The van der Waals surface area contributed by atoms with Crippen LogP contribution in [-0.4, -0.2) is 5.54 Å². The van der Waals surface area contributed by atoms with Crippen LogP contribution in [0.2, 0.25) is 0 Å². The molecule has 0 saturated carbocycles. The van der Waals surface area contributed by atoms with Gasteiger partial charge < -0.3 is 11.5 Å². The van der Waals surface area contributed by atoms with Crippen molar-refractivity contribution < 1.29 is 0 Å². The molecule has 0 fully saturated rings. The highest BCUT2D eigenvalue weighted by Gasteiger charge is 2.19. The predicted octanol–water partition coefficient (Wildman–Crippen LogP) is 2.74. The molecule has 1 unspecified atom stereocenters. The molecular formula is C14H24N2. The minimum Gasteiger partial charge on any atom is -0.325 e. The van der Waals surface area contributed by atoms with Crippen LogP contribution in [0.5, 0.6) is 0 Å². The summed E-state index contributed by atoms with van der Waals surface area (Å²) < 4.78 is 0. The maximum absolute atomic E-state index is 6.22. The number of benzene rings is 1. The van der Waals surface area contributed by atoms with E-state index in [1.165, 1.54) is 22.3 Å². The van der Waals surface area contributed by atoms with Gasteiger partial charge in [0.1, 0.15) is 0 Å². The fourth-order valence-corrected chi connectivity index (χ4v) is 2.06. The fourth-order valence-electron chi connectivity index (χ4n) is 2.06. The maximum Gasteiger partial charge on any atom is 0.0314 e. The van der Waals surface area contributed by atoms with Crippen molar-refractivity contribution in [3.63, 3.8) is 0 Å². The number of rotatable bonds is 3. The van der Waals surface area contributed by atoms with Crippen LogP contribution < -0.4 is 11.5 Å². The first-order valence-corrected chi connectivity index (χ1v) is 5.83. The molecule has 0 aliphatic rings. The number of hydrogen-bond donors (Lipinski definition) is 2. The molecule has 0 amide bonds. The first kappa shape index (κ1) is 13.2. The molecule has 0 bridgehead atoms. The Morgan fingerprint density at radius 2 is 1.69 bits per heavy atom. The van der Waals surface area contributed by atoms with Gasteiger partial charge in [-0.25, -0.2) is 0 Å². The highest BCUT2D eigenvalue weighted by Crippen LogP contribution is 2.26. The zero-order valence-corrected chi connectivity index (χ0v) is 11.1. The summed E-state index contributed by atoms with van der Waals surface area (Å²) in [5.41, 5.74) is 17.2. The summed E-state index contributed by atoms with van der Waals surface area (Å²) >= 11 is 0. The van der Waals surface area contributed by atoms with Crippen LogP contribution in [0.3, 0.4) is 0 Å². The van der Waals surface area contributed by atoms with Crippen LogP contribution >= 0.6 is 0 Å². The summed E-state index contributed by atoms with van der Waals surface area (Å²) in [5.74, 6) is 0. The van der Waals surface area contributed by atoms with Gasteiger partial charge in [0.05, 0.1) is 0 Å². The van der Waals surface area contributed by atoms with E-state index in [0.29, 0.717) is 0 Å². The SMILES string of the molecule is Cc1ccc(C(N)CC(C)(C)N)c(C)c1C. The zero-order chi connectivity index (χ0) is 12.5. The minimum absolute atomic E-state index is 0.0271. The minimum atomic E-state index is -0.218. The van der Waals surface area contributed by atoms with Crippen molar-refractivity contribution in [2.75, 3.05) is 0 Å². The Balaban J connectivity index is 3.01. The van der Waals surface area contributed by atoms with E-state index in [1.54, 1.807) is 0 Å². The van der Waals surface area contributed by atoms with E-state index in [9.17, 15) is 0 Å². The van der Waals surface area contributed by atoms with Crippen molar-refractivity contribution >= 4 is 0 Å². The van der Waals surface area contributed by atoms with Crippen LogP contribution in [0.25, 0.3) is 0 Å². The monoisotopic (exact) mass is 220 g/mol. The molecule has 90 valence electrons. The van der Waals surface area contributed by atoms with Gasteiger partial charge in [-0.05, 0) is 63.3 Å². The molecule has 4 N–H and O–H groups in total. The van der Waals surface area contributed by atoms with E-state index < -0.39 is 0 Å². The molecule has 0 aromatic heterocycles. The summed E-state index contributed by atoms with van der Waals surface area (Å²) in [7, 11) is 0. The molecular weight excluding hydrogens is 196 g/mol. The summed E-state index contributed by atoms with van der Waals surface area (Å²) in [4.78, 5) is 0. The lowest BCUT2D eigenvalue weighted by atomic mass is 9.88. The summed E-state index contributed by atoms with van der Waals surface area (Å²) in [6.45, 7) is 10.5. The Morgan fingerprint density at radius 3 is 2.19 bits per heavy atom. The standard InChI is InChI=1S/C14H24N2/c1-9-6-7-12(11(3)10(9)2)13(15)8-14(4,5)16/h6-7,13H,8,15-16H2,1-5H3. The van der Waals surface area contributed by atoms with Crippen LogP contribution in [0, 0.1) is 20.8 Å². The third-order valence-electron chi connectivity index (χ3n) is 3.25. The first-order valence-electron chi connectivity index (χ1n) is 5.83. The molecule has 0 spiro atoms. The second-order valence-corrected chi connectivity index (χ2v) is 5.52. The molecule has 16 heavy (non-hydrogen) atoms. The highest BCUT2D eigenvalue weighted by atomic mass is 14.7. The lowest BCUT2D eigenvalue weighted by Gasteiger charge is -2.25. The van der Waals surface area contributed by atoms with Gasteiger partial charge in [0.15, 0.2) is 0 Å². The van der Waals surface area contributed by atoms with E-state index in [0.717, 1.165) is 6.42 Å². The summed E-state index contributed by atoms with van der Waals surface area (Å²) in [6.07, 6.45) is 0.802. The van der Waals surface area contributed by atoms with Gasteiger partial charge in [0.2, 0.25) is 0 Å². The van der Waals surface area contributed by atoms with Gasteiger partial charge >= 0.3 is 0 Å². The third kappa shape index (κ3) is 3.06. The quantitative estimate of drug-likeness (QED) is 0.823. The van der Waals surface area contributed by atoms with Crippen molar-refractivity contribution in [3.8, 4) is 0 Å². The topological polar surface area (TPSA) is 52.0 Å². The molecule has 0 heterocycles. The van der Waals surface area contributed by atoms with Gasteiger partial charge in [-0.1, -0.05) is 12.1 Å². The van der Waals surface area contributed by atoms with Crippen molar-refractivity contribution in [1.29, 1.82) is 0 Å². The summed E-state index contributed by atoms with van der Waals surface area (Å²) in [5, 5.41) is 0. The number of hydrogen-bond acceptors (Lipinski definition) is 2. The van der Waals surface area contributed by atoms with E-state index in [4.69, 9.17) is 11.5 Å². The molecule has 1 rings (SSSR count). The van der Waals surface area contributed by atoms with Crippen molar-refractivity contribution in [1.82, 2.24) is 0 Å². The lowest BCUT2D eigenvalue weighted by molar-refractivity contribution is 0.428. The Morgan fingerprint density at radius 1 is 1.12 bits per heavy atom. The largest absolute Gasteiger partial charge is 0.325 e. The third-order valence-corrected chi connectivity index (χ3v) is 3.25. The Bertz CT molecular complexity index is 375. The number of nitrogens with two attached hydrogens (primary N) is 2. The lowest BCUT2D eigenvalue weighted by Crippen LogP contribution is -2.36. The van der Waals surface area contributed by atoms with Crippen LogP contribution in [0.1, 0.15) is 48.6 Å². The van der Waals surface area contributed by atoms with Crippen molar-refractivity contribution in [2.24, 2.45) is 11.5 Å². The van der Waals surface area contributed by atoms with E-state index >= 15 is 0 Å². The molecule has 1 aromatic rings. The molecule has 1 aromatic carbocycles. The van der Waals surface area contributed by atoms with Crippen molar-refractivity contribution in [3.05, 3.63) is 34.4 Å². The van der Waals surface area contributed by atoms with Crippen molar-refractivity contribution in [2.45, 2.75) is 52.6 Å².